The molecule has 4 aliphatic carbocycles. The molecule has 24 heavy (non-hydrogen) atoms. The van der Waals surface area contributed by atoms with Gasteiger partial charge in [-0.2, -0.15) is 0 Å². The summed E-state index contributed by atoms with van der Waals surface area (Å²) in [6, 6.07) is 3.71. The van der Waals surface area contributed by atoms with E-state index in [2.05, 4.69) is 13.8 Å². The van der Waals surface area contributed by atoms with Gasteiger partial charge < -0.3 is 10.2 Å². The van der Waals surface area contributed by atoms with Crippen molar-refractivity contribution < 1.29 is 15.0 Å². The third-order valence-electron chi connectivity index (χ3n) is 7.24. The summed E-state index contributed by atoms with van der Waals surface area (Å²) in [6.07, 6.45) is 7.37. The maximum absolute atomic E-state index is 12.4. The number of ketones is 1. The van der Waals surface area contributed by atoms with Crippen molar-refractivity contribution in [3.63, 3.8) is 0 Å². The van der Waals surface area contributed by atoms with Crippen molar-refractivity contribution >= 4 is 5.78 Å². The summed E-state index contributed by atoms with van der Waals surface area (Å²) >= 11 is 0. The van der Waals surface area contributed by atoms with E-state index in [1.165, 1.54) is 19.3 Å². The maximum atomic E-state index is 12.4. The molecule has 0 saturated heterocycles. The van der Waals surface area contributed by atoms with Crippen LogP contribution in [0.15, 0.2) is 12.1 Å². The Hall–Kier alpha value is -1.51. The van der Waals surface area contributed by atoms with E-state index in [9.17, 15) is 15.0 Å². The van der Waals surface area contributed by atoms with Crippen LogP contribution in [0.1, 0.15) is 81.8 Å². The van der Waals surface area contributed by atoms with E-state index in [4.69, 9.17) is 0 Å². The predicted molar refractivity (Wildman–Crippen MR) is 93.3 cm³/mol. The number of aromatic hydroxyl groups is 2. The van der Waals surface area contributed by atoms with E-state index in [0.29, 0.717) is 29.6 Å². The number of phenolic OH excluding ortho intramolecular Hbond substituents is 2. The molecule has 4 aliphatic rings. The first-order chi connectivity index (χ1) is 11.4. The molecule has 0 radical (unpaired) electrons. The number of hydrogen-bond acceptors (Lipinski definition) is 3. The summed E-state index contributed by atoms with van der Waals surface area (Å²) < 4.78 is 0. The van der Waals surface area contributed by atoms with Crippen LogP contribution in [0.4, 0.5) is 0 Å². The van der Waals surface area contributed by atoms with Crippen molar-refractivity contribution in [2.75, 3.05) is 0 Å². The van der Waals surface area contributed by atoms with E-state index >= 15 is 0 Å². The second-order valence-electron chi connectivity index (χ2n) is 8.80. The Morgan fingerprint density at radius 1 is 1.04 bits per heavy atom. The quantitative estimate of drug-likeness (QED) is 0.815. The second kappa shape index (κ2) is 5.50. The van der Waals surface area contributed by atoms with Crippen LogP contribution in [0.5, 0.6) is 11.5 Å². The molecule has 2 bridgehead atoms. The zero-order chi connectivity index (χ0) is 17.1. The SMILES string of the molecule is CC1(C)C2CC1C(c1c(O)cc(C3CCCCC3)cc1O)CC2=O. The highest BCUT2D eigenvalue weighted by atomic mass is 16.3. The van der Waals surface area contributed by atoms with Gasteiger partial charge in [0.15, 0.2) is 0 Å². The molecule has 0 aliphatic heterocycles. The molecule has 5 rings (SSSR count). The fraction of sp³-hybridized carbons (Fsp3) is 0.667. The minimum atomic E-state index is -0.0436. The van der Waals surface area contributed by atoms with Crippen molar-refractivity contribution in [3.8, 4) is 11.5 Å². The molecule has 3 nitrogen and oxygen atoms in total. The van der Waals surface area contributed by atoms with E-state index in [0.717, 1.165) is 24.8 Å². The Morgan fingerprint density at radius 2 is 1.67 bits per heavy atom. The first-order valence-electron chi connectivity index (χ1n) is 9.48. The molecule has 130 valence electrons. The summed E-state index contributed by atoms with van der Waals surface area (Å²) in [7, 11) is 0. The number of carbonyl (C=O) groups is 1. The molecule has 1 aromatic carbocycles. The lowest BCUT2D eigenvalue weighted by Crippen LogP contribution is -2.56. The number of carbonyl (C=O) groups excluding carboxylic acids is 1. The largest absolute Gasteiger partial charge is 0.508 e. The lowest BCUT2D eigenvalue weighted by molar-refractivity contribution is -0.151. The third kappa shape index (κ3) is 2.28. The summed E-state index contributed by atoms with van der Waals surface area (Å²) in [4.78, 5) is 12.4. The van der Waals surface area contributed by atoms with Gasteiger partial charge in [-0.3, -0.25) is 4.79 Å². The number of Topliss-reactive ketones (excluding diaryl/α,β-unsaturated/α-hetero) is 1. The number of rotatable bonds is 2. The van der Waals surface area contributed by atoms with Gasteiger partial charge in [-0.15, -0.1) is 0 Å². The zero-order valence-corrected chi connectivity index (χ0v) is 14.7. The number of fused-ring (bicyclic) bond motifs is 2. The van der Waals surface area contributed by atoms with Gasteiger partial charge in [-0.25, -0.2) is 0 Å². The van der Waals surface area contributed by atoms with Crippen LogP contribution in [0.25, 0.3) is 0 Å². The number of benzene rings is 1. The smallest absolute Gasteiger partial charge is 0.137 e. The fourth-order valence-electron chi connectivity index (χ4n) is 5.69. The van der Waals surface area contributed by atoms with E-state index in [1.54, 1.807) is 0 Å². The lowest BCUT2D eigenvalue weighted by atomic mass is 9.44. The molecule has 3 atom stereocenters. The Kier molecular flexibility index (Phi) is 3.67. The molecular weight excluding hydrogens is 300 g/mol. The van der Waals surface area contributed by atoms with Gasteiger partial charge in [0.05, 0.1) is 0 Å². The first kappa shape index (κ1) is 16.0. The topological polar surface area (TPSA) is 57.5 Å². The molecule has 1 aromatic rings. The average Bonchev–Trinajstić information content (AvgIpc) is 2.54. The molecule has 0 spiro atoms. The molecule has 4 saturated carbocycles. The highest BCUT2D eigenvalue weighted by Crippen LogP contribution is 2.64. The van der Waals surface area contributed by atoms with E-state index < -0.39 is 0 Å². The lowest BCUT2D eigenvalue weighted by Gasteiger charge is -2.59. The van der Waals surface area contributed by atoms with Crippen molar-refractivity contribution in [1.82, 2.24) is 0 Å². The maximum Gasteiger partial charge on any atom is 0.137 e. The third-order valence-corrected chi connectivity index (χ3v) is 7.24. The first-order valence-corrected chi connectivity index (χ1v) is 9.48. The van der Waals surface area contributed by atoms with Crippen LogP contribution in [-0.4, -0.2) is 16.0 Å². The summed E-state index contributed by atoms with van der Waals surface area (Å²) in [5, 5.41) is 21.4. The van der Waals surface area contributed by atoms with Crippen LogP contribution in [0.2, 0.25) is 0 Å². The van der Waals surface area contributed by atoms with Crippen molar-refractivity contribution in [2.45, 2.75) is 70.6 Å². The van der Waals surface area contributed by atoms with Crippen molar-refractivity contribution in [1.29, 1.82) is 0 Å². The molecule has 0 amide bonds. The molecule has 0 aromatic heterocycles. The second-order valence-corrected chi connectivity index (χ2v) is 8.80. The molecule has 0 heterocycles. The van der Waals surface area contributed by atoms with Gasteiger partial charge in [0, 0.05) is 23.8 Å². The van der Waals surface area contributed by atoms with Crippen LogP contribution in [-0.2, 0) is 4.79 Å². The average molecular weight is 328 g/mol. The van der Waals surface area contributed by atoms with Gasteiger partial charge in [0.25, 0.3) is 0 Å². The van der Waals surface area contributed by atoms with Crippen LogP contribution in [0, 0.1) is 17.3 Å². The highest BCUT2D eigenvalue weighted by Gasteiger charge is 2.59. The predicted octanol–water partition coefficient (Wildman–Crippen LogP) is 4.86. The fourth-order valence-corrected chi connectivity index (χ4v) is 5.69. The Balaban J connectivity index is 1.67. The van der Waals surface area contributed by atoms with Gasteiger partial charge in [-0.05, 0) is 54.2 Å². The Morgan fingerprint density at radius 3 is 2.21 bits per heavy atom. The molecule has 3 unspecified atom stereocenters. The van der Waals surface area contributed by atoms with Gasteiger partial charge >= 0.3 is 0 Å². The minimum absolute atomic E-state index is 0.0130. The van der Waals surface area contributed by atoms with Crippen LogP contribution < -0.4 is 0 Å². The summed E-state index contributed by atoms with van der Waals surface area (Å²) in [5.41, 5.74) is 1.65. The molecule has 2 N–H and O–H groups in total. The number of hydrogen-bond donors (Lipinski definition) is 2. The molecule has 3 heteroatoms. The number of phenols is 2. The Bertz CT molecular complexity index is 647. The van der Waals surface area contributed by atoms with E-state index in [1.807, 2.05) is 12.1 Å². The van der Waals surface area contributed by atoms with Gasteiger partial charge in [0.1, 0.15) is 17.3 Å². The van der Waals surface area contributed by atoms with Crippen molar-refractivity contribution in [2.24, 2.45) is 17.3 Å². The highest BCUT2D eigenvalue weighted by molar-refractivity contribution is 5.86. The monoisotopic (exact) mass is 328 g/mol. The van der Waals surface area contributed by atoms with Gasteiger partial charge in [0.2, 0.25) is 0 Å². The van der Waals surface area contributed by atoms with Gasteiger partial charge in [-0.1, -0.05) is 33.1 Å². The molecular formula is C21H28O3. The van der Waals surface area contributed by atoms with E-state index in [-0.39, 0.29) is 28.7 Å². The van der Waals surface area contributed by atoms with Crippen LogP contribution in [0.3, 0.4) is 0 Å². The van der Waals surface area contributed by atoms with Crippen LogP contribution >= 0.6 is 0 Å². The minimum Gasteiger partial charge on any atom is -0.508 e. The molecule has 4 fully saturated rings. The zero-order valence-electron chi connectivity index (χ0n) is 14.7. The standard InChI is InChI=1S/C21H28O3/c1-21(2)15-11-16(21)17(22)10-14(15)20-18(23)8-13(9-19(20)24)12-6-4-3-5-7-12/h8-9,12,14-16,23-24H,3-7,10-11H2,1-2H3. The van der Waals surface area contributed by atoms with Crippen molar-refractivity contribution in [3.05, 3.63) is 23.3 Å². The normalized spacial score (nSPS) is 32.4. The summed E-state index contributed by atoms with van der Waals surface area (Å²) in [5.74, 6) is 1.62. The summed E-state index contributed by atoms with van der Waals surface area (Å²) in [6.45, 7) is 4.31. The Labute approximate surface area is 144 Å².